The molecular weight excluding hydrogens is 502 g/mol. The van der Waals surface area contributed by atoms with Crippen molar-refractivity contribution >= 4 is 16.8 Å². The van der Waals surface area contributed by atoms with E-state index in [1.807, 2.05) is 84.9 Å². The van der Waals surface area contributed by atoms with Crippen LogP contribution in [0.25, 0.3) is 22.2 Å². The van der Waals surface area contributed by atoms with Gasteiger partial charge < -0.3 is 19.4 Å². The Labute approximate surface area is 230 Å². The van der Waals surface area contributed by atoms with Crippen LogP contribution in [0.1, 0.15) is 27.2 Å². The highest BCUT2D eigenvalue weighted by molar-refractivity contribution is 6.16. The minimum absolute atomic E-state index is 0.258. The minimum atomic E-state index is -0.329. The standard InChI is InChI=1S/C33H25N3O4/c37-31(25-13-17-27(18-14-25)40-20-23-9-5-2-6-10-23)30-28(29-32(36-30)34-21-35-33(29)38)24-11-15-26(16-12-24)39-19-22-7-3-1-4-8-22/h1-18,21H,19-20H2,(H2,34,35,36,38). The van der Waals surface area contributed by atoms with Gasteiger partial charge in [-0.05, 0) is 53.1 Å². The zero-order valence-corrected chi connectivity index (χ0v) is 21.5. The van der Waals surface area contributed by atoms with E-state index in [2.05, 4.69) is 15.0 Å². The van der Waals surface area contributed by atoms with Crippen LogP contribution in [0.5, 0.6) is 11.5 Å². The van der Waals surface area contributed by atoms with E-state index in [0.717, 1.165) is 11.1 Å². The lowest BCUT2D eigenvalue weighted by Crippen LogP contribution is -2.07. The first-order valence-electron chi connectivity index (χ1n) is 12.8. The van der Waals surface area contributed by atoms with E-state index in [1.165, 1.54) is 6.33 Å². The molecule has 2 N–H and O–H groups in total. The minimum Gasteiger partial charge on any atom is -0.489 e. The third-order valence-electron chi connectivity index (χ3n) is 6.58. The van der Waals surface area contributed by atoms with E-state index >= 15 is 0 Å². The molecule has 2 aromatic heterocycles. The number of nitrogens with one attached hydrogen (secondary N) is 2. The molecule has 0 aliphatic rings. The number of hydrogen-bond acceptors (Lipinski definition) is 5. The van der Waals surface area contributed by atoms with Crippen molar-refractivity contribution in [3.8, 4) is 22.6 Å². The first kappa shape index (κ1) is 24.9. The average molecular weight is 528 g/mol. The van der Waals surface area contributed by atoms with Gasteiger partial charge in [0.15, 0.2) is 0 Å². The van der Waals surface area contributed by atoms with Gasteiger partial charge in [0, 0.05) is 11.1 Å². The monoisotopic (exact) mass is 527 g/mol. The number of ether oxygens (including phenoxy) is 2. The molecule has 0 aliphatic heterocycles. The molecule has 0 unspecified atom stereocenters. The topological polar surface area (TPSA) is 97.1 Å². The Morgan fingerprint density at radius 3 is 1.82 bits per heavy atom. The van der Waals surface area contributed by atoms with Crippen LogP contribution in [0.2, 0.25) is 0 Å². The number of hydrogen-bond donors (Lipinski definition) is 2. The summed E-state index contributed by atoms with van der Waals surface area (Å²) < 4.78 is 11.8. The molecule has 0 radical (unpaired) electrons. The highest BCUT2D eigenvalue weighted by Crippen LogP contribution is 2.32. The predicted molar refractivity (Wildman–Crippen MR) is 154 cm³/mol. The quantitative estimate of drug-likeness (QED) is 0.215. The SMILES string of the molecule is O=C(c1ccc(OCc2ccccc2)cc1)c1[nH]c2nc[nH]c(=O)c2c1-c1ccc(OCc2ccccc2)cc1. The van der Waals surface area contributed by atoms with Crippen LogP contribution in [0.3, 0.4) is 0 Å². The predicted octanol–water partition coefficient (Wildman–Crippen LogP) is 6.31. The van der Waals surface area contributed by atoms with Crippen molar-refractivity contribution in [3.05, 3.63) is 148 Å². The van der Waals surface area contributed by atoms with Gasteiger partial charge in [-0.25, -0.2) is 4.98 Å². The van der Waals surface area contributed by atoms with Crippen molar-refractivity contribution in [2.75, 3.05) is 0 Å². The molecule has 4 aromatic carbocycles. The fourth-order valence-corrected chi connectivity index (χ4v) is 4.54. The fourth-order valence-electron chi connectivity index (χ4n) is 4.54. The molecule has 0 aliphatic carbocycles. The van der Waals surface area contributed by atoms with Gasteiger partial charge in [0.2, 0.25) is 5.78 Å². The normalized spacial score (nSPS) is 10.9. The van der Waals surface area contributed by atoms with Gasteiger partial charge in [-0.1, -0.05) is 72.8 Å². The Morgan fingerprint density at radius 2 is 1.25 bits per heavy atom. The molecule has 0 saturated carbocycles. The molecule has 0 bridgehead atoms. The van der Waals surface area contributed by atoms with Gasteiger partial charge in [-0.3, -0.25) is 9.59 Å². The first-order valence-corrected chi connectivity index (χ1v) is 12.8. The second-order valence-corrected chi connectivity index (χ2v) is 9.26. The number of carbonyl (C=O) groups is 1. The zero-order valence-electron chi connectivity index (χ0n) is 21.5. The lowest BCUT2D eigenvalue weighted by atomic mass is 9.98. The number of aromatic amines is 2. The largest absolute Gasteiger partial charge is 0.489 e. The summed E-state index contributed by atoms with van der Waals surface area (Å²) in [6.45, 7) is 0.867. The number of H-pyrrole nitrogens is 2. The summed E-state index contributed by atoms with van der Waals surface area (Å²) in [4.78, 5) is 36.5. The van der Waals surface area contributed by atoms with Crippen LogP contribution in [0, 0.1) is 0 Å². The third-order valence-corrected chi connectivity index (χ3v) is 6.58. The summed E-state index contributed by atoms with van der Waals surface area (Å²) in [7, 11) is 0. The van der Waals surface area contributed by atoms with Crippen molar-refractivity contribution in [2.45, 2.75) is 13.2 Å². The van der Waals surface area contributed by atoms with Gasteiger partial charge in [0.05, 0.1) is 17.4 Å². The van der Waals surface area contributed by atoms with E-state index in [4.69, 9.17) is 9.47 Å². The fraction of sp³-hybridized carbons (Fsp3) is 0.0606. The summed E-state index contributed by atoms with van der Waals surface area (Å²) in [6, 6.07) is 34.1. The molecule has 7 heteroatoms. The zero-order chi connectivity index (χ0) is 27.3. The van der Waals surface area contributed by atoms with Crippen LogP contribution in [0.15, 0.2) is 120 Å². The van der Waals surface area contributed by atoms with Gasteiger partial charge in [-0.15, -0.1) is 0 Å². The van der Waals surface area contributed by atoms with E-state index < -0.39 is 0 Å². The van der Waals surface area contributed by atoms with Crippen molar-refractivity contribution in [1.29, 1.82) is 0 Å². The Morgan fingerprint density at radius 1 is 0.700 bits per heavy atom. The van der Waals surface area contributed by atoms with Crippen molar-refractivity contribution < 1.29 is 14.3 Å². The smallest absolute Gasteiger partial charge is 0.260 e. The van der Waals surface area contributed by atoms with Crippen LogP contribution >= 0.6 is 0 Å². The summed E-state index contributed by atoms with van der Waals surface area (Å²) in [5.41, 5.74) is 4.06. The van der Waals surface area contributed by atoms with Crippen LogP contribution < -0.4 is 15.0 Å². The molecular formula is C33H25N3O4. The number of fused-ring (bicyclic) bond motifs is 1. The molecule has 2 heterocycles. The molecule has 7 nitrogen and oxygen atoms in total. The number of benzene rings is 4. The number of aromatic nitrogens is 3. The summed E-state index contributed by atoms with van der Waals surface area (Å²) in [6.07, 6.45) is 1.32. The molecule has 0 amide bonds. The average Bonchev–Trinajstić information content (AvgIpc) is 3.41. The number of nitrogens with zero attached hydrogens (tertiary/aromatic N) is 1. The van der Waals surface area contributed by atoms with Crippen LogP contribution in [0.4, 0.5) is 0 Å². The van der Waals surface area contributed by atoms with Gasteiger partial charge in [-0.2, -0.15) is 0 Å². The molecule has 6 rings (SSSR count). The highest BCUT2D eigenvalue weighted by atomic mass is 16.5. The Kier molecular flexibility index (Phi) is 6.92. The molecule has 0 fully saturated rings. The summed E-state index contributed by atoms with van der Waals surface area (Å²) >= 11 is 0. The van der Waals surface area contributed by atoms with E-state index in [0.29, 0.717) is 52.4 Å². The second kappa shape index (κ2) is 11.1. The Balaban J connectivity index is 1.27. The molecule has 196 valence electrons. The number of rotatable bonds is 9. The van der Waals surface area contributed by atoms with Crippen molar-refractivity contribution in [1.82, 2.24) is 15.0 Å². The lowest BCUT2D eigenvalue weighted by Gasteiger charge is -2.09. The van der Waals surface area contributed by atoms with Crippen molar-refractivity contribution in [3.63, 3.8) is 0 Å². The van der Waals surface area contributed by atoms with Crippen LogP contribution in [-0.4, -0.2) is 20.7 Å². The number of ketones is 1. The van der Waals surface area contributed by atoms with Crippen LogP contribution in [-0.2, 0) is 13.2 Å². The van der Waals surface area contributed by atoms with Gasteiger partial charge in [0.25, 0.3) is 5.56 Å². The third kappa shape index (κ3) is 5.26. The molecule has 6 aromatic rings. The number of carbonyl (C=O) groups excluding carboxylic acids is 1. The second-order valence-electron chi connectivity index (χ2n) is 9.26. The highest BCUT2D eigenvalue weighted by Gasteiger charge is 2.23. The van der Waals surface area contributed by atoms with Gasteiger partial charge >= 0.3 is 0 Å². The maximum atomic E-state index is 13.7. The summed E-state index contributed by atoms with van der Waals surface area (Å²) in [5.74, 6) is 1.08. The van der Waals surface area contributed by atoms with Gasteiger partial charge in [0.1, 0.15) is 30.4 Å². The first-order chi connectivity index (χ1) is 19.7. The molecule has 40 heavy (non-hydrogen) atoms. The van der Waals surface area contributed by atoms with Crippen molar-refractivity contribution in [2.24, 2.45) is 0 Å². The Bertz CT molecular complexity index is 1810. The molecule has 0 saturated heterocycles. The maximum Gasteiger partial charge on any atom is 0.260 e. The van der Waals surface area contributed by atoms with E-state index in [1.54, 1.807) is 24.3 Å². The summed E-state index contributed by atoms with van der Waals surface area (Å²) in [5, 5.41) is 0.326. The maximum absolute atomic E-state index is 13.7. The lowest BCUT2D eigenvalue weighted by molar-refractivity contribution is 0.103. The molecule has 0 spiro atoms. The molecule has 0 atom stereocenters. The van der Waals surface area contributed by atoms with E-state index in [9.17, 15) is 9.59 Å². The van der Waals surface area contributed by atoms with E-state index in [-0.39, 0.29) is 17.0 Å². The Hall–Kier alpha value is -5.43.